The van der Waals surface area contributed by atoms with Gasteiger partial charge in [0.25, 0.3) is 5.91 Å². The maximum absolute atomic E-state index is 13.6. The molecule has 1 atom stereocenters. The van der Waals surface area contributed by atoms with Gasteiger partial charge in [-0.3, -0.25) is 4.79 Å². The van der Waals surface area contributed by atoms with Crippen molar-refractivity contribution in [3.05, 3.63) is 95.2 Å². The normalized spacial score (nSPS) is 16.6. The molecule has 0 aromatic heterocycles. The number of rotatable bonds is 6. The number of anilines is 3. The van der Waals surface area contributed by atoms with Gasteiger partial charge >= 0.3 is 6.03 Å². The molecule has 1 fully saturated rings. The van der Waals surface area contributed by atoms with Crippen LogP contribution in [0.3, 0.4) is 0 Å². The van der Waals surface area contributed by atoms with Crippen LogP contribution in [-0.4, -0.2) is 41.4 Å². The Morgan fingerprint density at radius 3 is 2.33 bits per heavy atom. The highest BCUT2D eigenvalue weighted by Crippen LogP contribution is 2.40. The van der Waals surface area contributed by atoms with Gasteiger partial charge in [0.05, 0.1) is 24.4 Å². The number of aryl methyl sites for hydroxylation is 1. The SMILES string of the molecule is COc1ccc(NC(=O)C2=C(C)N=C3SCCCN3C2c2ccc(NC(=O)Nc3ccccc3C)cc2)cc1. The zero-order valence-electron chi connectivity index (χ0n) is 22.2. The summed E-state index contributed by atoms with van der Waals surface area (Å²) in [6.45, 7) is 4.64. The van der Waals surface area contributed by atoms with E-state index in [1.165, 1.54) is 0 Å². The average molecular weight is 542 g/mol. The van der Waals surface area contributed by atoms with E-state index in [1.807, 2.05) is 86.6 Å². The molecule has 3 aromatic rings. The van der Waals surface area contributed by atoms with Crippen LogP contribution < -0.4 is 20.7 Å². The van der Waals surface area contributed by atoms with Crippen LogP contribution in [0.5, 0.6) is 5.75 Å². The van der Waals surface area contributed by atoms with Crippen molar-refractivity contribution in [2.45, 2.75) is 26.3 Å². The lowest BCUT2D eigenvalue weighted by Crippen LogP contribution is -2.43. The standard InChI is InChI=1S/C30H31N5O3S/c1-19-7-4-5-8-25(19)34-29(37)33-23-11-9-21(10-12-23)27-26(20(2)31-30-35(27)17-6-18-39-30)28(36)32-22-13-15-24(38-3)16-14-22/h4-5,7-16,27H,6,17-18H2,1-3H3,(H,32,36)(H2,33,34,37). The zero-order valence-corrected chi connectivity index (χ0v) is 23.0. The van der Waals surface area contributed by atoms with E-state index in [0.717, 1.165) is 46.4 Å². The summed E-state index contributed by atoms with van der Waals surface area (Å²) in [5.74, 6) is 1.53. The fourth-order valence-corrected chi connectivity index (χ4v) is 5.74. The number of para-hydroxylation sites is 1. The molecule has 1 unspecified atom stereocenters. The number of allylic oxidation sites excluding steroid dienone is 1. The first-order valence-electron chi connectivity index (χ1n) is 12.8. The average Bonchev–Trinajstić information content (AvgIpc) is 2.94. The van der Waals surface area contributed by atoms with Gasteiger partial charge in [-0.2, -0.15) is 0 Å². The third kappa shape index (κ3) is 5.93. The molecule has 200 valence electrons. The van der Waals surface area contributed by atoms with Gasteiger partial charge in [0, 0.05) is 29.4 Å². The predicted octanol–water partition coefficient (Wildman–Crippen LogP) is 6.41. The monoisotopic (exact) mass is 541 g/mol. The number of carbonyl (C=O) groups is 2. The fraction of sp³-hybridized carbons (Fsp3) is 0.233. The third-order valence-corrected chi connectivity index (χ3v) is 7.81. The molecule has 0 radical (unpaired) electrons. The van der Waals surface area contributed by atoms with Crippen LogP contribution in [-0.2, 0) is 4.79 Å². The molecule has 2 heterocycles. The summed E-state index contributed by atoms with van der Waals surface area (Å²) in [5.41, 5.74) is 5.35. The van der Waals surface area contributed by atoms with Gasteiger partial charge < -0.3 is 25.6 Å². The quantitative estimate of drug-likeness (QED) is 0.335. The first-order valence-corrected chi connectivity index (χ1v) is 13.8. The third-order valence-electron chi connectivity index (χ3n) is 6.73. The van der Waals surface area contributed by atoms with Gasteiger partial charge in [-0.15, -0.1) is 0 Å². The minimum absolute atomic E-state index is 0.194. The number of hydrogen-bond acceptors (Lipinski definition) is 6. The Labute approximate surface area is 232 Å². The van der Waals surface area contributed by atoms with Crippen LogP contribution in [0.2, 0.25) is 0 Å². The molecule has 8 nitrogen and oxygen atoms in total. The number of fused-ring (bicyclic) bond motifs is 1. The molecule has 9 heteroatoms. The number of thioether (sulfide) groups is 1. The van der Waals surface area contributed by atoms with Gasteiger partial charge in [0.2, 0.25) is 0 Å². The van der Waals surface area contributed by atoms with Crippen LogP contribution >= 0.6 is 11.8 Å². The summed E-state index contributed by atoms with van der Waals surface area (Å²) in [6, 6.07) is 21.9. The van der Waals surface area contributed by atoms with Crippen molar-refractivity contribution in [1.82, 2.24) is 4.90 Å². The van der Waals surface area contributed by atoms with Crippen LogP contribution in [0.4, 0.5) is 21.9 Å². The molecule has 0 bridgehead atoms. The van der Waals surface area contributed by atoms with Gasteiger partial charge in [-0.1, -0.05) is 42.1 Å². The Hall–Kier alpha value is -4.24. The molecule has 0 aliphatic carbocycles. The second kappa shape index (κ2) is 11.7. The van der Waals surface area contributed by atoms with Crippen molar-refractivity contribution in [2.24, 2.45) is 4.99 Å². The van der Waals surface area contributed by atoms with E-state index in [2.05, 4.69) is 20.9 Å². The van der Waals surface area contributed by atoms with E-state index in [1.54, 1.807) is 18.9 Å². The molecular weight excluding hydrogens is 510 g/mol. The van der Waals surface area contributed by atoms with Crippen LogP contribution in [0.25, 0.3) is 0 Å². The number of hydrogen-bond donors (Lipinski definition) is 3. The Morgan fingerprint density at radius 1 is 0.923 bits per heavy atom. The molecule has 5 rings (SSSR count). The summed E-state index contributed by atoms with van der Waals surface area (Å²) in [6.07, 6.45) is 1.01. The van der Waals surface area contributed by atoms with Crippen molar-refractivity contribution in [2.75, 3.05) is 35.4 Å². The van der Waals surface area contributed by atoms with Crippen molar-refractivity contribution in [3.63, 3.8) is 0 Å². The fourth-order valence-electron chi connectivity index (χ4n) is 4.72. The van der Waals surface area contributed by atoms with E-state index in [4.69, 9.17) is 9.73 Å². The minimum Gasteiger partial charge on any atom is -0.497 e. The van der Waals surface area contributed by atoms with Gasteiger partial charge in [0.1, 0.15) is 5.75 Å². The number of nitrogens with one attached hydrogen (secondary N) is 3. The van der Waals surface area contributed by atoms with Crippen molar-refractivity contribution < 1.29 is 14.3 Å². The van der Waals surface area contributed by atoms with Crippen LogP contribution in [0.15, 0.2) is 89.1 Å². The summed E-state index contributed by atoms with van der Waals surface area (Å²) in [5, 5.41) is 9.75. The van der Waals surface area contributed by atoms with Gasteiger partial charge in [-0.25, -0.2) is 9.79 Å². The van der Waals surface area contributed by atoms with Crippen molar-refractivity contribution in [1.29, 1.82) is 0 Å². The van der Waals surface area contributed by atoms with Gasteiger partial charge in [0.15, 0.2) is 5.17 Å². The van der Waals surface area contributed by atoms with E-state index in [-0.39, 0.29) is 18.0 Å². The maximum Gasteiger partial charge on any atom is 0.323 e. The summed E-state index contributed by atoms with van der Waals surface area (Å²) in [7, 11) is 1.61. The number of ether oxygens (including phenoxy) is 1. The Morgan fingerprint density at radius 2 is 1.62 bits per heavy atom. The zero-order chi connectivity index (χ0) is 27.4. The molecule has 39 heavy (non-hydrogen) atoms. The van der Waals surface area contributed by atoms with Crippen LogP contribution in [0, 0.1) is 6.92 Å². The Kier molecular flexibility index (Phi) is 7.88. The molecule has 3 amide bonds. The van der Waals surface area contributed by atoms with E-state index in [9.17, 15) is 9.59 Å². The first-order chi connectivity index (χ1) is 18.9. The summed E-state index contributed by atoms with van der Waals surface area (Å²) in [4.78, 5) is 33.2. The maximum atomic E-state index is 13.6. The summed E-state index contributed by atoms with van der Waals surface area (Å²) < 4.78 is 5.23. The number of aliphatic imine (C=N–C) groups is 1. The van der Waals surface area contributed by atoms with E-state index >= 15 is 0 Å². The topological polar surface area (TPSA) is 95.1 Å². The van der Waals surface area contributed by atoms with Crippen molar-refractivity contribution in [3.8, 4) is 5.75 Å². The molecule has 0 spiro atoms. The lowest BCUT2D eigenvalue weighted by atomic mass is 9.93. The molecule has 2 aliphatic heterocycles. The number of urea groups is 1. The minimum atomic E-state index is -0.313. The molecule has 3 N–H and O–H groups in total. The number of nitrogens with zero attached hydrogens (tertiary/aromatic N) is 2. The Balaban J connectivity index is 1.38. The van der Waals surface area contributed by atoms with E-state index < -0.39 is 0 Å². The lowest BCUT2D eigenvalue weighted by molar-refractivity contribution is -0.113. The largest absolute Gasteiger partial charge is 0.497 e. The first kappa shape index (κ1) is 26.4. The molecule has 3 aromatic carbocycles. The lowest BCUT2D eigenvalue weighted by Gasteiger charge is -2.41. The predicted molar refractivity (Wildman–Crippen MR) is 159 cm³/mol. The highest BCUT2D eigenvalue weighted by Gasteiger charge is 2.37. The van der Waals surface area contributed by atoms with Gasteiger partial charge in [-0.05, 0) is 73.9 Å². The Bertz CT molecular complexity index is 1430. The second-order valence-corrected chi connectivity index (χ2v) is 10.5. The number of carbonyl (C=O) groups excluding carboxylic acids is 2. The van der Waals surface area contributed by atoms with Crippen LogP contribution in [0.1, 0.15) is 30.5 Å². The molecule has 0 saturated carbocycles. The van der Waals surface area contributed by atoms with Crippen molar-refractivity contribution >= 4 is 45.9 Å². The number of amides is 3. The number of amidine groups is 1. The number of benzene rings is 3. The highest BCUT2D eigenvalue weighted by atomic mass is 32.2. The second-order valence-electron chi connectivity index (χ2n) is 9.39. The molecular formula is C30H31N5O3S. The smallest absolute Gasteiger partial charge is 0.323 e. The molecule has 1 saturated heterocycles. The summed E-state index contributed by atoms with van der Waals surface area (Å²) >= 11 is 1.72. The number of methoxy groups -OCH3 is 1. The highest BCUT2D eigenvalue weighted by molar-refractivity contribution is 8.13. The molecule has 2 aliphatic rings. The van der Waals surface area contributed by atoms with E-state index in [0.29, 0.717) is 22.6 Å².